The van der Waals surface area contributed by atoms with Gasteiger partial charge < -0.3 is 13.9 Å². The number of carbonyl (C=O) groups excluding carboxylic acids is 2. The van der Waals surface area contributed by atoms with Gasteiger partial charge in [-0.05, 0) is 35.9 Å². The Bertz CT molecular complexity index is 1220. The van der Waals surface area contributed by atoms with Crippen molar-refractivity contribution >= 4 is 28.8 Å². The lowest BCUT2D eigenvalue weighted by Crippen LogP contribution is -2.47. The van der Waals surface area contributed by atoms with E-state index in [0.717, 1.165) is 11.1 Å². The summed E-state index contributed by atoms with van der Waals surface area (Å²) in [5.41, 5.74) is 3.29. The third kappa shape index (κ3) is 4.32. The fourth-order valence-electron chi connectivity index (χ4n) is 3.53. The maximum atomic E-state index is 12.8. The molecule has 3 aromatic carbocycles. The summed E-state index contributed by atoms with van der Waals surface area (Å²) < 4.78 is 15.9. The highest BCUT2D eigenvalue weighted by Gasteiger charge is 2.33. The molecule has 0 saturated carbocycles. The van der Waals surface area contributed by atoms with Gasteiger partial charge in [0.2, 0.25) is 5.89 Å². The number of hydrogen-bond donors (Lipinski definition) is 0. The summed E-state index contributed by atoms with van der Waals surface area (Å²) in [4.78, 5) is 31.3. The maximum absolute atomic E-state index is 12.8. The van der Waals surface area contributed by atoms with Crippen molar-refractivity contribution in [2.75, 3.05) is 19.1 Å². The number of benzene rings is 3. The molecule has 0 aliphatic rings. The normalized spacial score (nSPS) is 11.7. The van der Waals surface area contributed by atoms with Crippen LogP contribution in [0, 0.1) is 0 Å². The van der Waals surface area contributed by atoms with Crippen LogP contribution >= 0.6 is 0 Å². The van der Waals surface area contributed by atoms with Gasteiger partial charge in [0.1, 0.15) is 11.6 Å². The van der Waals surface area contributed by atoms with Gasteiger partial charge in [-0.25, -0.2) is 14.6 Å². The first-order chi connectivity index (χ1) is 15.6. The van der Waals surface area contributed by atoms with E-state index in [-0.39, 0.29) is 6.42 Å². The number of aromatic nitrogens is 1. The van der Waals surface area contributed by atoms with Gasteiger partial charge in [-0.15, -0.1) is 0 Å². The zero-order valence-electron chi connectivity index (χ0n) is 17.7. The largest absolute Gasteiger partial charge is 0.467 e. The van der Waals surface area contributed by atoms with E-state index in [4.69, 9.17) is 13.9 Å². The molecule has 0 unspecified atom stereocenters. The molecule has 0 radical (unpaired) electrons. The molecule has 0 fully saturated rings. The summed E-state index contributed by atoms with van der Waals surface area (Å²) in [6.07, 6.45) is -0.420. The van der Waals surface area contributed by atoms with Crippen LogP contribution < -0.4 is 4.90 Å². The van der Waals surface area contributed by atoms with Crippen molar-refractivity contribution in [3.8, 4) is 11.5 Å². The van der Waals surface area contributed by atoms with Crippen LogP contribution in [0.3, 0.4) is 0 Å². The monoisotopic (exact) mass is 430 g/mol. The number of ether oxygens (including phenoxy) is 2. The van der Waals surface area contributed by atoms with Gasteiger partial charge in [0.15, 0.2) is 5.58 Å². The highest BCUT2D eigenvalue weighted by molar-refractivity contribution is 5.97. The molecule has 7 nitrogen and oxygen atoms in total. The van der Waals surface area contributed by atoms with Crippen LogP contribution in [0.4, 0.5) is 10.5 Å². The van der Waals surface area contributed by atoms with Crippen LogP contribution in [-0.4, -0.2) is 37.3 Å². The minimum atomic E-state index is -0.923. The number of anilines is 1. The Morgan fingerprint density at radius 1 is 0.938 bits per heavy atom. The Balaban J connectivity index is 1.75. The lowest BCUT2D eigenvalue weighted by molar-refractivity contribution is -0.142. The Morgan fingerprint density at radius 2 is 1.62 bits per heavy atom. The van der Waals surface area contributed by atoms with E-state index in [1.54, 1.807) is 18.2 Å². The van der Waals surface area contributed by atoms with Gasteiger partial charge in [-0.1, -0.05) is 48.5 Å². The molecule has 32 heavy (non-hydrogen) atoms. The summed E-state index contributed by atoms with van der Waals surface area (Å²) >= 11 is 0. The molecule has 7 heteroatoms. The summed E-state index contributed by atoms with van der Waals surface area (Å²) in [6, 6.07) is 23.1. The van der Waals surface area contributed by atoms with E-state index in [2.05, 4.69) is 4.98 Å². The van der Waals surface area contributed by atoms with E-state index in [0.29, 0.717) is 22.7 Å². The van der Waals surface area contributed by atoms with Crippen LogP contribution in [0.2, 0.25) is 0 Å². The molecule has 0 aliphatic carbocycles. The first-order valence-electron chi connectivity index (χ1n) is 10.1. The summed E-state index contributed by atoms with van der Waals surface area (Å²) in [7, 11) is 2.57. The van der Waals surface area contributed by atoms with Crippen molar-refractivity contribution in [3.05, 3.63) is 84.4 Å². The van der Waals surface area contributed by atoms with Gasteiger partial charge in [0, 0.05) is 12.0 Å². The van der Waals surface area contributed by atoms with Crippen molar-refractivity contribution in [1.82, 2.24) is 4.98 Å². The third-order valence-electron chi connectivity index (χ3n) is 5.10. The smallest absolute Gasteiger partial charge is 0.414 e. The van der Waals surface area contributed by atoms with E-state index in [9.17, 15) is 9.59 Å². The minimum absolute atomic E-state index is 0.259. The van der Waals surface area contributed by atoms with E-state index in [1.807, 2.05) is 60.7 Å². The van der Waals surface area contributed by atoms with Crippen molar-refractivity contribution in [1.29, 1.82) is 0 Å². The second-order valence-electron chi connectivity index (χ2n) is 7.11. The number of rotatable bonds is 6. The average molecular weight is 430 g/mol. The highest BCUT2D eigenvalue weighted by Crippen LogP contribution is 2.29. The topological polar surface area (TPSA) is 81.9 Å². The summed E-state index contributed by atoms with van der Waals surface area (Å²) in [5.74, 6) is -0.0827. The van der Waals surface area contributed by atoms with Crippen LogP contribution in [0.25, 0.3) is 22.6 Å². The first-order valence-corrected chi connectivity index (χ1v) is 10.1. The first kappa shape index (κ1) is 21.1. The zero-order valence-corrected chi connectivity index (χ0v) is 17.7. The predicted octanol–water partition coefficient (Wildman–Crippen LogP) is 4.85. The second-order valence-corrected chi connectivity index (χ2v) is 7.11. The molecule has 1 atom stereocenters. The lowest BCUT2D eigenvalue weighted by Gasteiger charge is -2.28. The summed E-state index contributed by atoms with van der Waals surface area (Å²) in [5, 5.41) is 0. The molecule has 4 rings (SSSR count). The van der Waals surface area contributed by atoms with Crippen molar-refractivity contribution < 1.29 is 23.5 Å². The molecular weight excluding hydrogens is 408 g/mol. The molecule has 0 aliphatic heterocycles. The maximum Gasteiger partial charge on any atom is 0.414 e. The van der Waals surface area contributed by atoms with Crippen molar-refractivity contribution in [2.24, 2.45) is 0 Å². The molecule has 162 valence electrons. The fraction of sp³-hybridized carbons (Fsp3) is 0.160. The summed E-state index contributed by atoms with van der Waals surface area (Å²) in [6.45, 7) is 0. The third-order valence-corrected chi connectivity index (χ3v) is 5.10. The van der Waals surface area contributed by atoms with Crippen LogP contribution in [0.15, 0.2) is 83.3 Å². The Hall–Kier alpha value is -4.13. The molecule has 0 N–H and O–H groups in total. The Morgan fingerprint density at radius 3 is 2.28 bits per heavy atom. The van der Waals surface area contributed by atoms with Gasteiger partial charge in [0.25, 0.3) is 0 Å². The molecule has 0 saturated heterocycles. The van der Waals surface area contributed by atoms with Gasteiger partial charge in [-0.3, -0.25) is 4.90 Å². The molecule has 1 amide bonds. The van der Waals surface area contributed by atoms with Crippen LogP contribution in [0.1, 0.15) is 5.56 Å². The molecule has 0 bridgehead atoms. The van der Waals surface area contributed by atoms with Crippen LogP contribution in [0.5, 0.6) is 0 Å². The SMILES string of the molecule is COC(=O)[C@@H](Cc1ccccc1)N(C(=O)OC)c1ccc2oc(-c3ccccc3)nc2c1. The lowest BCUT2D eigenvalue weighted by atomic mass is 10.0. The molecule has 1 aromatic heterocycles. The number of oxazole rings is 1. The molecule has 1 heterocycles. The number of esters is 1. The number of amides is 1. The van der Waals surface area contributed by atoms with Gasteiger partial charge in [-0.2, -0.15) is 0 Å². The standard InChI is InChI=1S/C25H22N2O5/c1-30-24(28)21(15-17-9-5-3-6-10-17)27(25(29)31-2)19-13-14-22-20(16-19)26-23(32-22)18-11-7-4-8-12-18/h3-14,16,21H,15H2,1-2H3/t21-/m1/s1. The second kappa shape index (κ2) is 9.34. The highest BCUT2D eigenvalue weighted by atomic mass is 16.5. The number of methoxy groups -OCH3 is 2. The van der Waals surface area contributed by atoms with Crippen molar-refractivity contribution in [3.63, 3.8) is 0 Å². The number of fused-ring (bicyclic) bond motifs is 1. The zero-order chi connectivity index (χ0) is 22.5. The van der Waals surface area contributed by atoms with E-state index >= 15 is 0 Å². The fourth-order valence-corrected chi connectivity index (χ4v) is 3.53. The average Bonchev–Trinajstić information content (AvgIpc) is 3.28. The van der Waals surface area contributed by atoms with Crippen molar-refractivity contribution in [2.45, 2.75) is 12.5 Å². The minimum Gasteiger partial charge on any atom is -0.467 e. The number of nitrogens with zero attached hydrogens (tertiary/aromatic N) is 2. The predicted molar refractivity (Wildman–Crippen MR) is 120 cm³/mol. The number of hydrogen-bond acceptors (Lipinski definition) is 6. The molecular formula is C25H22N2O5. The molecule has 4 aromatic rings. The van der Waals surface area contributed by atoms with Gasteiger partial charge >= 0.3 is 12.1 Å². The van der Waals surface area contributed by atoms with Crippen LogP contribution in [-0.2, 0) is 20.7 Å². The number of carbonyl (C=O) groups is 2. The van der Waals surface area contributed by atoms with E-state index < -0.39 is 18.1 Å². The molecule has 0 spiro atoms. The quantitative estimate of drug-likeness (QED) is 0.407. The van der Waals surface area contributed by atoms with Gasteiger partial charge in [0.05, 0.1) is 19.9 Å². The Labute approximate surface area is 185 Å². The van der Waals surface area contributed by atoms with E-state index in [1.165, 1.54) is 19.1 Å². The Kier molecular flexibility index (Phi) is 6.17.